The predicted octanol–water partition coefficient (Wildman–Crippen LogP) is 1.84. The van der Waals surface area contributed by atoms with Crippen molar-refractivity contribution < 1.29 is 19.1 Å². The van der Waals surface area contributed by atoms with Gasteiger partial charge in [0.2, 0.25) is 5.91 Å². The summed E-state index contributed by atoms with van der Waals surface area (Å²) in [4.78, 5) is 46.6. The van der Waals surface area contributed by atoms with Crippen molar-refractivity contribution in [3.05, 3.63) is 53.1 Å². The highest BCUT2D eigenvalue weighted by atomic mass is 16.5. The van der Waals surface area contributed by atoms with Crippen molar-refractivity contribution in [1.29, 1.82) is 0 Å². The van der Waals surface area contributed by atoms with Crippen molar-refractivity contribution in [2.75, 3.05) is 18.1 Å². The topological polar surface area (TPSA) is 107 Å². The fourth-order valence-corrected chi connectivity index (χ4v) is 3.58. The van der Waals surface area contributed by atoms with E-state index in [0.717, 1.165) is 17.8 Å². The molecule has 30 heavy (non-hydrogen) atoms. The van der Waals surface area contributed by atoms with Gasteiger partial charge in [0.25, 0.3) is 5.78 Å². The van der Waals surface area contributed by atoms with E-state index in [1.165, 1.54) is 6.33 Å². The van der Waals surface area contributed by atoms with Crippen LogP contribution in [0.3, 0.4) is 0 Å². The van der Waals surface area contributed by atoms with E-state index in [1.807, 2.05) is 6.92 Å². The van der Waals surface area contributed by atoms with E-state index in [4.69, 9.17) is 4.74 Å². The highest BCUT2D eigenvalue weighted by molar-refractivity contribution is 5.99. The maximum absolute atomic E-state index is 12.4. The van der Waals surface area contributed by atoms with Gasteiger partial charge in [-0.2, -0.15) is 10.1 Å². The maximum atomic E-state index is 12.4. The number of anilines is 1. The molecule has 9 nitrogen and oxygen atoms in total. The molecule has 1 saturated heterocycles. The van der Waals surface area contributed by atoms with Crippen molar-refractivity contribution in [3.63, 3.8) is 0 Å². The van der Waals surface area contributed by atoms with E-state index in [9.17, 15) is 14.4 Å². The Morgan fingerprint density at radius 3 is 2.63 bits per heavy atom. The SMILES string of the molecule is Cc1nc2ncnn2c(C)c1CC(=O)OCC(=O)c1ccc(N2CCCC2=O)cc1. The molecule has 154 valence electrons. The Morgan fingerprint density at radius 1 is 1.17 bits per heavy atom. The molecule has 0 spiro atoms. The number of aryl methyl sites for hydroxylation is 2. The van der Waals surface area contributed by atoms with Crippen LogP contribution >= 0.6 is 0 Å². The lowest BCUT2D eigenvalue weighted by Gasteiger charge is -2.15. The minimum absolute atomic E-state index is 0.0102. The molecule has 3 aromatic rings. The van der Waals surface area contributed by atoms with Gasteiger partial charge < -0.3 is 9.64 Å². The second kappa shape index (κ2) is 8.02. The number of carbonyl (C=O) groups excluding carboxylic acids is 3. The van der Waals surface area contributed by atoms with E-state index >= 15 is 0 Å². The molecule has 0 saturated carbocycles. The van der Waals surface area contributed by atoms with Crippen LogP contribution in [0.25, 0.3) is 5.78 Å². The molecule has 0 aliphatic carbocycles. The molecule has 1 aliphatic rings. The summed E-state index contributed by atoms with van der Waals surface area (Å²) in [5, 5.41) is 4.09. The Bertz CT molecular complexity index is 1140. The number of hydrogen-bond acceptors (Lipinski definition) is 7. The number of nitrogens with zero attached hydrogens (tertiary/aromatic N) is 5. The van der Waals surface area contributed by atoms with Crippen molar-refractivity contribution in [3.8, 4) is 0 Å². The molecule has 0 bridgehead atoms. The summed E-state index contributed by atoms with van der Waals surface area (Å²) in [6.07, 6.45) is 2.78. The van der Waals surface area contributed by atoms with Crippen LogP contribution in [0.1, 0.15) is 40.2 Å². The summed E-state index contributed by atoms with van der Waals surface area (Å²) in [5.74, 6) is -0.264. The second-order valence-corrected chi connectivity index (χ2v) is 7.19. The van der Waals surface area contributed by atoms with Gasteiger partial charge in [-0.3, -0.25) is 14.4 Å². The molecule has 1 amide bonds. The average molecular weight is 407 g/mol. The number of amides is 1. The van der Waals surface area contributed by atoms with Crippen LogP contribution in [0.2, 0.25) is 0 Å². The number of aromatic nitrogens is 4. The van der Waals surface area contributed by atoms with Crippen LogP contribution in [0.15, 0.2) is 30.6 Å². The van der Waals surface area contributed by atoms with Crippen molar-refractivity contribution in [2.24, 2.45) is 0 Å². The van der Waals surface area contributed by atoms with Crippen LogP contribution in [-0.4, -0.2) is 50.4 Å². The van der Waals surface area contributed by atoms with Crippen molar-refractivity contribution >= 4 is 29.1 Å². The van der Waals surface area contributed by atoms with Gasteiger partial charge in [-0.05, 0) is 44.5 Å². The number of ketones is 1. The zero-order valence-electron chi connectivity index (χ0n) is 16.8. The molecular formula is C21H21N5O4. The summed E-state index contributed by atoms with van der Waals surface area (Å²) < 4.78 is 6.75. The lowest BCUT2D eigenvalue weighted by molar-refractivity contribution is -0.141. The summed E-state index contributed by atoms with van der Waals surface area (Å²) in [7, 11) is 0. The zero-order chi connectivity index (χ0) is 21.3. The molecule has 0 N–H and O–H groups in total. The Hall–Kier alpha value is -3.62. The quantitative estimate of drug-likeness (QED) is 0.453. The standard InChI is InChI=1S/C21H21N5O4/c1-13-17(14(2)26-21(24-13)22-12-23-26)10-20(29)30-11-18(27)15-5-7-16(8-6-15)25-9-3-4-19(25)28/h5-8,12H,3-4,9-11H2,1-2H3. The summed E-state index contributed by atoms with van der Waals surface area (Å²) in [5.41, 5.74) is 3.32. The zero-order valence-corrected chi connectivity index (χ0v) is 16.8. The second-order valence-electron chi connectivity index (χ2n) is 7.19. The minimum atomic E-state index is -0.518. The molecule has 1 aliphatic heterocycles. The maximum Gasteiger partial charge on any atom is 0.310 e. The van der Waals surface area contributed by atoms with E-state index < -0.39 is 5.97 Å². The molecule has 3 heterocycles. The van der Waals surface area contributed by atoms with Gasteiger partial charge in [0.05, 0.1) is 6.42 Å². The number of fused-ring (bicyclic) bond motifs is 1. The molecule has 0 radical (unpaired) electrons. The van der Waals surface area contributed by atoms with Crippen LogP contribution in [0.4, 0.5) is 5.69 Å². The van der Waals surface area contributed by atoms with E-state index in [0.29, 0.717) is 35.6 Å². The van der Waals surface area contributed by atoms with Gasteiger partial charge in [-0.25, -0.2) is 9.50 Å². The third-order valence-electron chi connectivity index (χ3n) is 5.25. The number of esters is 1. The normalized spacial score (nSPS) is 13.8. The molecule has 0 unspecified atom stereocenters. The first kappa shape index (κ1) is 19.7. The number of rotatable bonds is 6. The highest BCUT2D eigenvalue weighted by Crippen LogP contribution is 2.22. The van der Waals surface area contributed by atoms with Gasteiger partial charge in [-0.1, -0.05) is 0 Å². The molecule has 1 aromatic carbocycles. The Labute approximate surface area is 172 Å². The van der Waals surface area contributed by atoms with Crippen molar-refractivity contribution in [1.82, 2.24) is 19.6 Å². The number of ether oxygens (including phenoxy) is 1. The third-order valence-corrected chi connectivity index (χ3v) is 5.25. The fourth-order valence-electron chi connectivity index (χ4n) is 3.58. The smallest absolute Gasteiger partial charge is 0.310 e. The van der Waals surface area contributed by atoms with E-state index in [-0.39, 0.29) is 24.7 Å². The van der Waals surface area contributed by atoms with Crippen LogP contribution in [-0.2, 0) is 20.7 Å². The first-order valence-electron chi connectivity index (χ1n) is 9.69. The Kier molecular flexibility index (Phi) is 5.26. The van der Waals surface area contributed by atoms with Gasteiger partial charge in [0, 0.05) is 41.2 Å². The van der Waals surface area contributed by atoms with Gasteiger partial charge >= 0.3 is 5.97 Å². The first-order chi connectivity index (χ1) is 14.4. The van der Waals surface area contributed by atoms with Gasteiger partial charge in [-0.15, -0.1) is 0 Å². The molecular weight excluding hydrogens is 386 g/mol. The first-order valence-corrected chi connectivity index (χ1v) is 9.69. The monoisotopic (exact) mass is 407 g/mol. The van der Waals surface area contributed by atoms with E-state index in [1.54, 1.807) is 40.6 Å². The van der Waals surface area contributed by atoms with Gasteiger partial charge in [0.1, 0.15) is 6.33 Å². The lowest BCUT2D eigenvalue weighted by atomic mass is 10.1. The molecule has 4 rings (SSSR count). The van der Waals surface area contributed by atoms with Crippen LogP contribution in [0.5, 0.6) is 0 Å². The predicted molar refractivity (Wildman–Crippen MR) is 107 cm³/mol. The van der Waals surface area contributed by atoms with Crippen LogP contribution in [0, 0.1) is 13.8 Å². The van der Waals surface area contributed by atoms with Crippen molar-refractivity contribution in [2.45, 2.75) is 33.1 Å². The summed E-state index contributed by atoms with van der Waals surface area (Å²) in [6, 6.07) is 6.77. The lowest BCUT2D eigenvalue weighted by Crippen LogP contribution is -2.23. The third kappa shape index (κ3) is 3.78. The van der Waals surface area contributed by atoms with Crippen LogP contribution < -0.4 is 4.90 Å². The average Bonchev–Trinajstić information content (AvgIpc) is 3.38. The molecule has 9 heteroatoms. The Morgan fingerprint density at radius 2 is 1.93 bits per heavy atom. The highest BCUT2D eigenvalue weighted by Gasteiger charge is 2.22. The number of benzene rings is 1. The van der Waals surface area contributed by atoms with E-state index in [2.05, 4.69) is 15.1 Å². The summed E-state index contributed by atoms with van der Waals surface area (Å²) in [6.45, 7) is 3.97. The fraction of sp³-hybridized carbons (Fsp3) is 0.333. The molecule has 2 aromatic heterocycles. The van der Waals surface area contributed by atoms with Gasteiger partial charge in [0.15, 0.2) is 12.4 Å². The number of Topliss-reactive ketones (excluding diaryl/α,β-unsaturated/α-hetero) is 1. The summed E-state index contributed by atoms with van der Waals surface area (Å²) >= 11 is 0. The largest absolute Gasteiger partial charge is 0.457 e. The minimum Gasteiger partial charge on any atom is -0.457 e. The molecule has 0 atom stereocenters. The number of hydrogen-bond donors (Lipinski definition) is 0. The molecule has 1 fully saturated rings. The number of carbonyl (C=O) groups is 3. The Balaban J connectivity index is 1.37.